The molecule has 2 heteroatoms. The first-order valence-electron chi connectivity index (χ1n) is 7.66. The molecule has 2 aromatic carbocycles. The van der Waals surface area contributed by atoms with Crippen molar-refractivity contribution in [3.8, 4) is 5.75 Å². The number of rotatable bonds is 3. The quantitative estimate of drug-likeness (QED) is 0.859. The smallest absolute Gasteiger partial charge is 0.148 e. The highest BCUT2D eigenvalue weighted by Gasteiger charge is 2.29. The number of carbonyl (C=O) groups excluding carboxylic acids is 1. The van der Waals surface area contributed by atoms with Crippen LogP contribution in [-0.2, 0) is 24.1 Å². The van der Waals surface area contributed by atoms with E-state index in [1.54, 1.807) is 0 Å². The predicted molar refractivity (Wildman–Crippen MR) is 81.9 cm³/mol. The van der Waals surface area contributed by atoms with Gasteiger partial charge in [0.15, 0.2) is 0 Å². The molecule has 1 unspecified atom stereocenters. The van der Waals surface area contributed by atoms with Crippen molar-refractivity contribution in [2.75, 3.05) is 6.61 Å². The van der Waals surface area contributed by atoms with Gasteiger partial charge in [0.2, 0.25) is 0 Å². The van der Waals surface area contributed by atoms with Crippen molar-refractivity contribution >= 4 is 5.78 Å². The molecule has 0 saturated heterocycles. The van der Waals surface area contributed by atoms with Gasteiger partial charge in [-0.2, -0.15) is 0 Å². The monoisotopic (exact) mass is 278 g/mol. The number of aryl methyl sites for hydroxylation is 2. The molecular weight excluding hydrogens is 260 g/mol. The highest BCUT2D eigenvalue weighted by atomic mass is 16.5. The maximum atomic E-state index is 12.6. The van der Waals surface area contributed by atoms with Gasteiger partial charge in [0.25, 0.3) is 0 Å². The van der Waals surface area contributed by atoms with Crippen LogP contribution < -0.4 is 4.74 Å². The number of carbonyl (C=O) groups is 1. The Bertz CT molecular complexity index is 702. The Morgan fingerprint density at radius 2 is 1.95 bits per heavy atom. The molecule has 0 saturated carbocycles. The van der Waals surface area contributed by atoms with E-state index < -0.39 is 0 Å². The lowest BCUT2D eigenvalue weighted by molar-refractivity contribution is -0.120. The minimum atomic E-state index is -0.102. The fraction of sp³-hybridized carbons (Fsp3) is 0.316. The minimum Gasteiger partial charge on any atom is -0.492 e. The number of Topliss-reactive ketones (excluding diaryl/α,β-unsaturated/α-hetero) is 1. The molecule has 0 fully saturated rings. The van der Waals surface area contributed by atoms with Gasteiger partial charge in [0.05, 0.1) is 5.92 Å². The fourth-order valence-corrected chi connectivity index (χ4v) is 3.49. The third-order valence-corrected chi connectivity index (χ3v) is 4.63. The maximum Gasteiger partial charge on any atom is 0.148 e. The molecule has 2 aliphatic rings. The van der Waals surface area contributed by atoms with E-state index in [1.165, 1.54) is 24.0 Å². The first-order valence-corrected chi connectivity index (χ1v) is 7.66. The molecule has 0 aromatic heterocycles. The third kappa shape index (κ3) is 2.25. The van der Waals surface area contributed by atoms with E-state index in [1.807, 2.05) is 24.3 Å². The van der Waals surface area contributed by atoms with Gasteiger partial charge in [-0.3, -0.25) is 4.79 Å². The van der Waals surface area contributed by atoms with Crippen LogP contribution in [-0.4, -0.2) is 12.4 Å². The number of hydrogen-bond donors (Lipinski definition) is 0. The Hall–Kier alpha value is -2.09. The summed E-state index contributed by atoms with van der Waals surface area (Å²) < 4.78 is 5.62. The van der Waals surface area contributed by atoms with Gasteiger partial charge in [-0.05, 0) is 42.0 Å². The molecule has 106 valence electrons. The van der Waals surface area contributed by atoms with Gasteiger partial charge in [-0.1, -0.05) is 36.4 Å². The van der Waals surface area contributed by atoms with Gasteiger partial charge in [-0.25, -0.2) is 0 Å². The average Bonchev–Trinajstić information content (AvgIpc) is 3.13. The largest absolute Gasteiger partial charge is 0.492 e. The van der Waals surface area contributed by atoms with Crippen molar-refractivity contribution in [3.05, 3.63) is 64.7 Å². The summed E-state index contributed by atoms with van der Waals surface area (Å²) in [6.45, 7) is 0.489. The van der Waals surface area contributed by atoms with Crippen molar-refractivity contribution in [1.82, 2.24) is 0 Å². The van der Waals surface area contributed by atoms with E-state index in [4.69, 9.17) is 4.74 Å². The van der Waals surface area contributed by atoms with Gasteiger partial charge in [-0.15, -0.1) is 0 Å². The molecule has 1 aliphatic heterocycles. The molecular formula is C19H18O2. The standard InChI is InChI=1S/C19H18O2/c20-18(17-12-21-19-7-2-1-6-16(17)19)11-13-8-9-14-4-3-5-15(14)10-13/h1-2,6-10,17H,3-5,11-12H2. The van der Waals surface area contributed by atoms with Crippen LogP contribution in [0, 0.1) is 0 Å². The molecule has 1 heterocycles. The SMILES string of the molecule is O=C(Cc1ccc2c(c1)CCC2)C1COc2ccccc21. The third-order valence-electron chi connectivity index (χ3n) is 4.63. The lowest BCUT2D eigenvalue weighted by Crippen LogP contribution is -2.16. The van der Waals surface area contributed by atoms with Crippen molar-refractivity contribution in [2.45, 2.75) is 31.6 Å². The summed E-state index contributed by atoms with van der Waals surface area (Å²) >= 11 is 0. The topological polar surface area (TPSA) is 26.3 Å². The van der Waals surface area contributed by atoms with E-state index in [-0.39, 0.29) is 11.7 Å². The number of para-hydroxylation sites is 1. The lowest BCUT2D eigenvalue weighted by atomic mass is 9.92. The van der Waals surface area contributed by atoms with Crippen molar-refractivity contribution in [2.24, 2.45) is 0 Å². The van der Waals surface area contributed by atoms with Crippen LogP contribution >= 0.6 is 0 Å². The van der Waals surface area contributed by atoms with Gasteiger partial charge in [0, 0.05) is 12.0 Å². The van der Waals surface area contributed by atoms with Crippen LogP contribution in [0.15, 0.2) is 42.5 Å². The van der Waals surface area contributed by atoms with E-state index >= 15 is 0 Å². The number of ketones is 1. The van der Waals surface area contributed by atoms with Crippen LogP contribution in [0.4, 0.5) is 0 Å². The molecule has 1 atom stereocenters. The Morgan fingerprint density at radius 3 is 2.90 bits per heavy atom. The summed E-state index contributed by atoms with van der Waals surface area (Å²) in [4.78, 5) is 12.6. The highest BCUT2D eigenvalue weighted by Crippen LogP contribution is 2.34. The van der Waals surface area contributed by atoms with Gasteiger partial charge in [0.1, 0.15) is 18.1 Å². The summed E-state index contributed by atoms with van der Waals surface area (Å²) in [6.07, 6.45) is 4.10. The lowest BCUT2D eigenvalue weighted by Gasteiger charge is -2.09. The predicted octanol–water partition coefficient (Wildman–Crippen LogP) is 3.46. The molecule has 2 nitrogen and oxygen atoms in total. The molecule has 0 amide bonds. The van der Waals surface area contributed by atoms with Gasteiger partial charge >= 0.3 is 0 Å². The van der Waals surface area contributed by atoms with Gasteiger partial charge < -0.3 is 4.74 Å². The van der Waals surface area contributed by atoms with E-state index in [9.17, 15) is 4.79 Å². The number of benzene rings is 2. The Kier molecular flexibility index (Phi) is 3.03. The van der Waals surface area contributed by atoms with Crippen LogP contribution in [0.1, 0.15) is 34.6 Å². The van der Waals surface area contributed by atoms with Crippen LogP contribution in [0.25, 0.3) is 0 Å². The first-order chi connectivity index (χ1) is 10.3. The zero-order valence-corrected chi connectivity index (χ0v) is 12.0. The Balaban J connectivity index is 1.54. The van der Waals surface area contributed by atoms with Crippen LogP contribution in [0.2, 0.25) is 0 Å². The molecule has 2 aromatic rings. The molecule has 0 bridgehead atoms. The first kappa shape index (κ1) is 12.6. The Morgan fingerprint density at radius 1 is 1.10 bits per heavy atom. The molecule has 1 aliphatic carbocycles. The molecule has 4 rings (SSSR count). The second kappa shape index (κ2) is 5.03. The second-order valence-electron chi connectivity index (χ2n) is 6.00. The van der Waals surface area contributed by atoms with Crippen molar-refractivity contribution in [1.29, 1.82) is 0 Å². The summed E-state index contributed by atoms with van der Waals surface area (Å²) in [5, 5.41) is 0. The fourth-order valence-electron chi connectivity index (χ4n) is 3.49. The average molecular weight is 278 g/mol. The number of hydrogen-bond acceptors (Lipinski definition) is 2. The Labute approximate surface area is 124 Å². The molecule has 21 heavy (non-hydrogen) atoms. The summed E-state index contributed by atoms with van der Waals surface area (Å²) in [5.74, 6) is 1.03. The van der Waals surface area contributed by atoms with E-state index in [0.717, 1.165) is 23.3 Å². The maximum absolute atomic E-state index is 12.6. The van der Waals surface area contributed by atoms with Crippen molar-refractivity contribution in [3.63, 3.8) is 0 Å². The number of ether oxygens (including phenoxy) is 1. The zero-order chi connectivity index (χ0) is 14.2. The summed E-state index contributed by atoms with van der Waals surface area (Å²) in [6, 6.07) is 14.4. The zero-order valence-electron chi connectivity index (χ0n) is 12.0. The summed E-state index contributed by atoms with van der Waals surface area (Å²) in [7, 11) is 0. The van der Waals surface area contributed by atoms with Crippen LogP contribution in [0.5, 0.6) is 5.75 Å². The van der Waals surface area contributed by atoms with E-state index in [2.05, 4.69) is 18.2 Å². The second-order valence-corrected chi connectivity index (χ2v) is 6.00. The van der Waals surface area contributed by atoms with Crippen LogP contribution in [0.3, 0.4) is 0 Å². The van der Waals surface area contributed by atoms with Crippen molar-refractivity contribution < 1.29 is 9.53 Å². The van der Waals surface area contributed by atoms with E-state index in [0.29, 0.717) is 13.0 Å². The minimum absolute atomic E-state index is 0.102. The number of fused-ring (bicyclic) bond motifs is 2. The molecule has 0 spiro atoms. The molecule has 0 radical (unpaired) electrons. The normalized spacial score (nSPS) is 19.0. The highest BCUT2D eigenvalue weighted by molar-refractivity contribution is 5.89. The molecule has 0 N–H and O–H groups in total. The summed E-state index contributed by atoms with van der Waals surface area (Å²) in [5.41, 5.74) is 5.08.